The third-order valence-corrected chi connectivity index (χ3v) is 18.3. The number of hydrogen-bond donors (Lipinski definition) is 0. The van der Waals surface area contributed by atoms with E-state index in [4.69, 9.17) is 0 Å². The molecule has 8 aromatic rings. The van der Waals surface area contributed by atoms with E-state index in [1.807, 2.05) is 11.3 Å². The fraction of sp³-hybridized carbons (Fsp3) is 0.344. The number of benzene rings is 7. The van der Waals surface area contributed by atoms with Crippen molar-refractivity contribution in [3.8, 4) is 0 Å². The topological polar surface area (TPSA) is 9.72 Å². The van der Waals surface area contributed by atoms with Crippen LogP contribution < -0.4 is 31.1 Å². The molecule has 5 heteroatoms. The minimum absolute atomic E-state index is 0.00826. The third kappa shape index (κ3) is 6.51. The van der Waals surface area contributed by atoms with Crippen molar-refractivity contribution < 1.29 is 0 Å². The van der Waals surface area contributed by atoms with Crippen molar-refractivity contribution in [1.29, 1.82) is 0 Å². The van der Waals surface area contributed by atoms with Crippen LogP contribution in [0.5, 0.6) is 0 Å². The summed E-state index contributed by atoms with van der Waals surface area (Å²) < 4.78 is 2.65. The Morgan fingerprint density at radius 3 is 1.67 bits per heavy atom. The first-order chi connectivity index (χ1) is 32.7. The highest BCUT2D eigenvalue weighted by Crippen LogP contribution is 2.63. The van der Waals surface area contributed by atoms with Crippen molar-refractivity contribution in [2.24, 2.45) is 0 Å². The summed E-state index contributed by atoms with van der Waals surface area (Å²) >= 11 is 1.91. The summed E-state index contributed by atoms with van der Waals surface area (Å²) in [5.74, 6) is 0. The van der Waals surface area contributed by atoms with E-state index >= 15 is 0 Å². The first-order valence-electron chi connectivity index (χ1n) is 25.7. The number of nitrogens with zero attached hydrogens (tertiary/aromatic N) is 3. The zero-order valence-corrected chi connectivity index (χ0v) is 44.1. The largest absolute Gasteiger partial charge is 0.334 e. The lowest BCUT2D eigenvalue weighted by Crippen LogP contribution is -2.62. The summed E-state index contributed by atoms with van der Waals surface area (Å²) in [6.07, 6.45) is 4.83. The van der Waals surface area contributed by atoms with Crippen molar-refractivity contribution in [2.75, 3.05) is 14.7 Å². The summed E-state index contributed by atoms with van der Waals surface area (Å²) in [7, 11) is 0. The smallest absolute Gasteiger partial charge is 0.252 e. The molecule has 1 saturated carbocycles. The van der Waals surface area contributed by atoms with E-state index in [2.05, 4.69) is 232 Å². The molecule has 0 saturated heterocycles. The second-order valence-electron chi connectivity index (χ2n) is 24.7. The molecular weight excluding hydrogens is 854 g/mol. The average Bonchev–Trinajstić information content (AvgIpc) is 3.76. The quantitative estimate of drug-likeness (QED) is 0.164. The Hall–Kier alpha value is -5.78. The zero-order chi connectivity index (χ0) is 48.3. The highest BCUT2D eigenvalue weighted by Gasteiger charge is 2.59. The molecule has 1 aliphatic carbocycles. The highest BCUT2D eigenvalue weighted by molar-refractivity contribution is 7.25. The van der Waals surface area contributed by atoms with Crippen LogP contribution in [0.2, 0.25) is 0 Å². The van der Waals surface area contributed by atoms with E-state index in [1.54, 1.807) is 5.56 Å². The summed E-state index contributed by atoms with van der Waals surface area (Å²) in [5, 5.41) is 2.66. The van der Waals surface area contributed by atoms with Gasteiger partial charge in [-0.15, -0.1) is 11.3 Å². The van der Waals surface area contributed by atoms with Gasteiger partial charge in [0.15, 0.2) is 0 Å². The summed E-state index contributed by atoms with van der Waals surface area (Å²) in [6, 6.07) is 50.7. The molecule has 0 amide bonds. The highest BCUT2D eigenvalue weighted by atomic mass is 32.1. The van der Waals surface area contributed by atoms with E-state index in [0.29, 0.717) is 0 Å². The van der Waals surface area contributed by atoms with Gasteiger partial charge < -0.3 is 14.7 Å². The SMILES string of the molecule is Cc1cc(C)c2c(c1)N(c1cc3c4c(c1)N(c1ccc5c(c1)sc1ccccc15)c1ccc(C(C)(C)C)cc1B4c1cc(C(C)(C)C)ccc1N3c1ccc(C(C)(C)C)cc1)C1(C)CCCCC21C. The van der Waals surface area contributed by atoms with Gasteiger partial charge in [0.05, 0.1) is 5.54 Å². The lowest BCUT2D eigenvalue weighted by Gasteiger charge is -2.51. The van der Waals surface area contributed by atoms with Gasteiger partial charge in [-0.1, -0.05) is 149 Å². The van der Waals surface area contributed by atoms with Gasteiger partial charge in [0.2, 0.25) is 0 Å². The number of rotatable bonds is 3. The molecule has 3 aliphatic heterocycles. The second-order valence-corrected chi connectivity index (χ2v) is 25.8. The standard InChI is InChI=1S/C64H68BN3S/c1-39-32-40(2)58-53(33-39)68(64(13)31-17-16-30-63(58,64)12)46-36-54-59-55(37-46)67(45-26-27-48-47-18-14-15-19-56(47)69-57(48)38-45)52-29-23-43(62(9,10)11)35-50(52)65(59)49-34-42(61(6,7)8)22-28-51(49)66(54)44-24-20-41(21-25-44)60(3,4)5/h14-15,18-29,32-38H,16-17,30-31H2,1-13H3. The Morgan fingerprint density at radius 1 is 0.493 bits per heavy atom. The fourth-order valence-corrected chi connectivity index (χ4v) is 14.5. The number of hydrogen-bond acceptors (Lipinski definition) is 4. The van der Waals surface area contributed by atoms with E-state index < -0.39 is 0 Å². The van der Waals surface area contributed by atoms with E-state index in [0.717, 1.165) is 6.42 Å². The van der Waals surface area contributed by atoms with E-state index in [-0.39, 0.29) is 33.9 Å². The van der Waals surface area contributed by atoms with Crippen LogP contribution in [-0.2, 0) is 21.7 Å². The van der Waals surface area contributed by atoms with E-state index in [1.165, 1.54) is 129 Å². The van der Waals surface area contributed by atoms with Crippen LogP contribution in [0.1, 0.15) is 135 Å². The van der Waals surface area contributed by atoms with Crippen LogP contribution in [0.3, 0.4) is 0 Å². The maximum absolute atomic E-state index is 2.83. The molecule has 69 heavy (non-hydrogen) atoms. The number of fused-ring (bicyclic) bond motifs is 10. The van der Waals surface area contributed by atoms with Crippen molar-refractivity contribution >= 4 is 100 Å². The van der Waals surface area contributed by atoms with Gasteiger partial charge in [-0.2, -0.15) is 0 Å². The molecule has 4 aliphatic rings. The van der Waals surface area contributed by atoms with Gasteiger partial charge in [0, 0.05) is 71.1 Å². The van der Waals surface area contributed by atoms with Gasteiger partial charge in [-0.25, -0.2) is 0 Å². The van der Waals surface area contributed by atoms with Crippen LogP contribution in [0.25, 0.3) is 20.2 Å². The van der Waals surface area contributed by atoms with Gasteiger partial charge in [-0.3, -0.25) is 0 Å². The lowest BCUT2D eigenvalue weighted by atomic mass is 9.33. The van der Waals surface area contributed by atoms with Gasteiger partial charge in [-0.05, 0) is 160 Å². The van der Waals surface area contributed by atoms with Crippen molar-refractivity contribution in [3.05, 3.63) is 161 Å². The Labute approximate surface area is 416 Å². The minimum Gasteiger partial charge on any atom is -0.334 e. The van der Waals surface area contributed by atoms with Crippen LogP contribution in [-0.4, -0.2) is 12.3 Å². The van der Waals surface area contributed by atoms with Crippen molar-refractivity contribution in [1.82, 2.24) is 0 Å². The first-order valence-corrected chi connectivity index (χ1v) is 26.5. The predicted molar refractivity (Wildman–Crippen MR) is 302 cm³/mol. The van der Waals surface area contributed by atoms with Crippen LogP contribution >= 0.6 is 11.3 Å². The molecule has 0 N–H and O–H groups in total. The maximum Gasteiger partial charge on any atom is 0.252 e. The molecule has 12 rings (SSSR count). The maximum atomic E-state index is 2.83. The van der Waals surface area contributed by atoms with Crippen molar-refractivity contribution in [2.45, 2.75) is 143 Å². The predicted octanol–water partition coefficient (Wildman–Crippen LogP) is 16.4. The molecular formula is C64H68BN3S. The van der Waals surface area contributed by atoms with Gasteiger partial charge >= 0.3 is 0 Å². The van der Waals surface area contributed by atoms with Crippen LogP contribution in [0, 0.1) is 13.8 Å². The molecule has 1 fully saturated rings. The molecule has 4 heterocycles. The summed E-state index contributed by atoms with van der Waals surface area (Å²) in [5.41, 5.74) is 22.5. The fourth-order valence-electron chi connectivity index (χ4n) is 13.3. The molecule has 0 bridgehead atoms. The average molecular weight is 922 g/mol. The summed E-state index contributed by atoms with van der Waals surface area (Å²) in [6.45, 7) is 31.0. The minimum atomic E-state index is -0.116. The molecule has 7 aromatic carbocycles. The number of anilines is 8. The van der Waals surface area contributed by atoms with Crippen molar-refractivity contribution in [3.63, 3.8) is 0 Å². The molecule has 1 aromatic heterocycles. The molecule has 3 nitrogen and oxygen atoms in total. The molecule has 2 atom stereocenters. The Morgan fingerprint density at radius 2 is 1.04 bits per heavy atom. The first kappa shape index (κ1) is 44.4. The Kier molecular flexibility index (Phi) is 9.58. The van der Waals surface area contributed by atoms with Crippen LogP contribution in [0.4, 0.5) is 45.5 Å². The lowest BCUT2D eigenvalue weighted by molar-refractivity contribution is 0.194. The van der Waals surface area contributed by atoms with Crippen LogP contribution in [0.15, 0.2) is 127 Å². The number of thiophene rings is 1. The number of aryl methyl sites for hydroxylation is 2. The summed E-state index contributed by atoms with van der Waals surface area (Å²) in [4.78, 5) is 8.13. The zero-order valence-electron chi connectivity index (χ0n) is 43.3. The third-order valence-electron chi connectivity index (χ3n) is 17.2. The molecule has 0 radical (unpaired) electrons. The molecule has 0 spiro atoms. The second kappa shape index (κ2) is 14.9. The Bertz CT molecular complexity index is 3430. The van der Waals surface area contributed by atoms with E-state index in [9.17, 15) is 0 Å². The molecule has 348 valence electrons. The van der Waals surface area contributed by atoms with Gasteiger partial charge in [0.25, 0.3) is 6.71 Å². The molecule has 2 unspecified atom stereocenters. The van der Waals surface area contributed by atoms with Gasteiger partial charge in [0.1, 0.15) is 0 Å². The Balaban J connectivity index is 1.22. The monoisotopic (exact) mass is 922 g/mol. The normalized spacial score (nSPS) is 19.7.